The second kappa shape index (κ2) is 10.7. The number of Topliss-reactive ketones (excluding diaryl/α,β-unsaturated/α-hetero) is 2. The van der Waals surface area contributed by atoms with Crippen molar-refractivity contribution in [2.45, 2.75) is 108 Å². The number of carbonyl (C=O) groups excluding carboxylic acids is 3. The first-order valence-electron chi connectivity index (χ1n) is 14.2. The molecule has 0 bridgehead atoms. The van der Waals surface area contributed by atoms with E-state index < -0.39 is 83.4 Å². The molecule has 224 valence electrons. The zero-order valence-corrected chi connectivity index (χ0v) is 22.7. The molecule has 1 unspecified atom stereocenters. The quantitative estimate of drug-likeness (QED) is 0.264. The number of halogens is 1. The Morgan fingerprint density at radius 1 is 0.975 bits per heavy atom. The summed E-state index contributed by atoms with van der Waals surface area (Å²) in [4.78, 5) is 49.2. The second-order valence-corrected chi connectivity index (χ2v) is 12.7. The molecule has 4 N–H and O–H groups in total. The van der Waals surface area contributed by atoms with Crippen molar-refractivity contribution >= 4 is 23.5 Å². The van der Waals surface area contributed by atoms with Crippen molar-refractivity contribution in [3.63, 3.8) is 0 Å². The molecule has 11 nitrogen and oxygen atoms in total. The summed E-state index contributed by atoms with van der Waals surface area (Å²) >= 11 is 0. The lowest BCUT2D eigenvalue weighted by Crippen LogP contribution is -2.64. The van der Waals surface area contributed by atoms with Crippen molar-refractivity contribution < 1.29 is 58.2 Å². The highest BCUT2D eigenvalue weighted by molar-refractivity contribution is 5.92. The molecule has 13 atom stereocenters. The van der Waals surface area contributed by atoms with Crippen LogP contribution >= 0.6 is 0 Å². The molecule has 0 spiro atoms. The number of rotatable bonds is 6. The molecule has 0 aromatic rings. The van der Waals surface area contributed by atoms with Crippen molar-refractivity contribution in [1.82, 2.24) is 0 Å². The monoisotopic (exact) mass is 570 g/mol. The van der Waals surface area contributed by atoms with Gasteiger partial charge in [0.05, 0.1) is 6.10 Å². The van der Waals surface area contributed by atoms with E-state index in [-0.39, 0.29) is 30.6 Å². The van der Waals surface area contributed by atoms with E-state index in [1.807, 2.05) is 6.92 Å². The minimum atomic E-state index is -2.01. The first-order valence-corrected chi connectivity index (χ1v) is 14.2. The van der Waals surface area contributed by atoms with Gasteiger partial charge in [-0.05, 0) is 62.2 Å². The molecule has 0 aromatic carbocycles. The molecule has 0 aromatic heterocycles. The van der Waals surface area contributed by atoms with Crippen LogP contribution < -0.4 is 0 Å². The molecule has 1 aliphatic heterocycles. The van der Waals surface area contributed by atoms with Gasteiger partial charge in [0.15, 0.2) is 29.6 Å². The van der Waals surface area contributed by atoms with Gasteiger partial charge in [-0.25, -0.2) is 9.18 Å². The summed E-state index contributed by atoms with van der Waals surface area (Å²) in [7, 11) is 0. The number of esters is 1. The number of carbonyl (C=O) groups is 4. The molecule has 4 aliphatic carbocycles. The molecule has 0 amide bonds. The second-order valence-electron chi connectivity index (χ2n) is 12.7. The Morgan fingerprint density at radius 2 is 1.65 bits per heavy atom. The number of fused-ring (bicyclic) bond motifs is 5. The highest BCUT2D eigenvalue weighted by Gasteiger charge is 2.68. The molecule has 12 heteroatoms. The fraction of sp³-hybridized carbons (Fsp3) is 0.857. The predicted molar refractivity (Wildman–Crippen MR) is 132 cm³/mol. The van der Waals surface area contributed by atoms with E-state index in [2.05, 4.69) is 0 Å². The van der Waals surface area contributed by atoms with Crippen molar-refractivity contribution in [3.8, 4) is 0 Å². The molecule has 1 heterocycles. The molecule has 5 fully saturated rings. The van der Waals surface area contributed by atoms with E-state index >= 15 is 4.39 Å². The van der Waals surface area contributed by atoms with Gasteiger partial charge in [-0.2, -0.15) is 0 Å². The van der Waals surface area contributed by atoms with Gasteiger partial charge in [0.2, 0.25) is 0 Å². The summed E-state index contributed by atoms with van der Waals surface area (Å²) in [6.45, 7) is 2.80. The van der Waals surface area contributed by atoms with Gasteiger partial charge in [-0.3, -0.25) is 14.4 Å². The molecule has 1 saturated heterocycles. The molecular formula is C28H39FO11. The number of carboxylic acid groups (broad SMARTS) is 1. The van der Waals surface area contributed by atoms with Gasteiger partial charge >= 0.3 is 11.9 Å². The van der Waals surface area contributed by atoms with Crippen LogP contribution in [0, 0.1) is 35.0 Å². The van der Waals surface area contributed by atoms with E-state index in [1.165, 1.54) is 6.92 Å². The van der Waals surface area contributed by atoms with Crippen LogP contribution in [0.3, 0.4) is 0 Å². The Hall–Kier alpha value is -1.99. The van der Waals surface area contributed by atoms with Crippen LogP contribution in [0.4, 0.5) is 4.39 Å². The SMILES string of the molecule is CC(=O)OCC(=O)[C@H]1CC[C@H]2[C@@H]3CC[C@@H]4C[C@H](OC5O[C@H](C(=O)O)[C@@H](O)[C@H](O)[C@H]5O)CC[C@@H]4[C@@]3(F)C(=O)C[C@]12C. The molecule has 0 radical (unpaired) electrons. The lowest BCUT2D eigenvalue weighted by Gasteiger charge is -2.58. The molecule has 5 rings (SSSR count). The van der Waals surface area contributed by atoms with Gasteiger partial charge in [0.1, 0.15) is 24.9 Å². The van der Waals surface area contributed by atoms with Gasteiger partial charge in [-0.1, -0.05) is 6.92 Å². The third kappa shape index (κ3) is 4.69. The number of aliphatic hydroxyl groups excluding tert-OH is 3. The van der Waals surface area contributed by atoms with Gasteiger partial charge in [0.25, 0.3) is 0 Å². The number of hydrogen-bond acceptors (Lipinski definition) is 10. The predicted octanol–water partition coefficient (Wildman–Crippen LogP) is 0.936. The fourth-order valence-corrected chi connectivity index (χ4v) is 8.82. The van der Waals surface area contributed by atoms with E-state index in [0.717, 1.165) is 0 Å². The third-order valence-corrected chi connectivity index (χ3v) is 10.7. The van der Waals surface area contributed by atoms with Crippen LogP contribution in [-0.4, -0.2) is 93.0 Å². The van der Waals surface area contributed by atoms with Crippen LogP contribution in [0.5, 0.6) is 0 Å². The summed E-state index contributed by atoms with van der Waals surface area (Å²) in [6, 6.07) is 0. The molecular weight excluding hydrogens is 531 g/mol. The van der Waals surface area contributed by atoms with Crippen molar-refractivity contribution in [1.29, 1.82) is 0 Å². The lowest BCUT2D eigenvalue weighted by molar-refractivity contribution is -0.308. The van der Waals surface area contributed by atoms with Crippen LogP contribution in [-0.2, 0) is 33.4 Å². The highest BCUT2D eigenvalue weighted by Crippen LogP contribution is 2.65. The van der Waals surface area contributed by atoms with Crippen LogP contribution in [0.2, 0.25) is 0 Å². The first-order chi connectivity index (χ1) is 18.8. The number of ether oxygens (including phenoxy) is 3. The number of carboxylic acids is 1. The van der Waals surface area contributed by atoms with Crippen molar-refractivity contribution in [2.75, 3.05) is 6.61 Å². The summed E-state index contributed by atoms with van der Waals surface area (Å²) in [5, 5.41) is 39.6. The number of hydrogen-bond donors (Lipinski definition) is 4. The maximum atomic E-state index is 17.1. The Bertz CT molecular complexity index is 1050. The van der Waals surface area contributed by atoms with E-state index in [1.54, 1.807) is 0 Å². The minimum Gasteiger partial charge on any atom is -0.479 e. The largest absolute Gasteiger partial charge is 0.479 e. The van der Waals surface area contributed by atoms with Crippen molar-refractivity contribution in [3.05, 3.63) is 0 Å². The van der Waals surface area contributed by atoms with E-state index in [9.17, 15) is 39.6 Å². The normalized spacial score (nSPS) is 48.5. The van der Waals surface area contributed by atoms with Gasteiger partial charge in [-0.15, -0.1) is 0 Å². The Labute approximate surface area is 231 Å². The lowest BCUT2D eigenvalue weighted by atomic mass is 9.47. The van der Waals surface area contributed by atoms with E-state index in [0.29, 0.717) is 44.9 Å². The zero-order chi connectivity index (χ0) is 29.1. The summed E-state index contributed by atoms with van der Waals surface area (Å²) in [5.41, 5.74) is -2.69. The maximum Gasteiger partial charge on any atom is 0.335 e. The summed E-state index contributed by atoms with van der Waals surface area (Å²) < 4.78 is 33.1. The fourth-order valence-electron chi connectivity index (χ4n) is 8.82. The van der Waals surface area contributed by atoms with Crippen LogP contribution in [0.25, 0.3) is 0 Å². The average Bonchev–Trinajstić information content (AvgIpc) is 3.23. The smallest absolute Gasteiger partial charge is 0.335 e. The zero-order valence-electron chi connectivity index (χ0n) is 22.7. The standard InChI is InChI=1S/C28H39FO11/c1-12(30)38-11-19(31)18-8-7-16-17-5-3-13-9-14(4-6-15(13)28(17,29)20(32)10-27(16,18)2)39-26-23(35)21(33)22(34)24(40-26)25(36)37/h13-18,21-24,26,33-35H,3-11H2,1-2H3,(H,36,37)/t13-,14-,15+,16+,17+,18-,21+,22+,23-,24+,26?,27+,28+/m1/s1. The maximum absolute atomic E-state index is 17.1. The summed E-state index contributed by atoms with van der Waals surface area (Å²) in [5.74, 6) is -4.53. The third-order valence-electron chi connectivity index (χ3n) is 10.7. The van der Waals surface area contributed by atoms with Gasteiger partial charge in [0, 0.05) is 31.1 Å². The average molecular weight is 571 g/mol. The minimum absolute atomic E-state index is 0.0385. The Balaban J connectivity index is 1.27. The number of aliphatic hydroxyl groups is 3. The Kier molecular flexibility index (Phi) is 7.88. The molecule has 40 heavy (non-hydrogen) atoms. The molecule has 4 saturated carbocycles. The highest BCUT2D eigenvalue weighted by atomic mass is 19.1. The number of alkyl halides is 1. The number of ketones is 2. The van der Waals surface area contributed by atoms with Crippen LogP contribution in [0.1, 0.15) is 65.2 Å². The Morgan fingerprint density at radius 3 is 2.33 bits per heavy atom. The summed E-state index contributed by atoms with van der Waals surface area (Å²) in [6.07, 6.45) is -5.68. The van der Waals surface area contributed by atoms with Crippen molar-refractivity contribution in [2.24, 2.45) is 35.0 Å². The van der Waals surface area contributed by atoms with Crippen LogP contribution in [0.15, 0.2) is 0 Å². The molecule has 5 aliphatic rings. The number of aliphatic carboxylic acids is 1. The van der Waals surface area contributed by atoms with E-state index in [4.69, 9.17) is 14.2 Å². The topological polar surface area (TPSA) is 177 Å². The first kappa shape index (κ1) is 29.5. The van der Waals surface area contributed by atoms with Gasteiger partial charge < -0.3 is 34.6 Å².